The van der Waals surface area contributed by atoms with E-state index in [0.717, 1.165) is 13.1 Å². The molecule has 1 aromatic rings. The van der Waals surface area contributed by atoms with Crippen LogP contribution in [0.4, 0.5) is 5.69 Å². The first-order valence-corrected chi connectivity index (χ1v) is 7.16. The van der Waals surface area contributed by atoms with Gasteiger partial charge in [-0.05, 0) is 30.4 Å². The quantitative estimate of drug-likeness (QED) is 0.843. The van der Waals surface area contributed by atoms with Crippen LogP contribution in [0.3, 0.4) is 0 Å². The molecule has 0 spiro atoms. The molecule has 1 saturated heterocycles. The molecule has 0 saturated carbocycles. The van der Waals surface area contributed by atoms with Gasteiger partial charge in [-0.25, -0.2) is 0 Å². The smallest absolute Gasteiger partial charge is 0.0843 e. The minimum atomic E-state index is 0.439. The molecule has 3 nitrogen and oxygen atoms in total. The Morgan fingerprint density at radius 1 is 1.42 bits per heavy atom. The molecule has 102 valence electrons. The summed E-state index contributed by atoms with van der Waals surface area (Å²) in [6, 6.07) is 11.3. The number of hydrogen-bond donors (Lipinski definition) is 1. The first-order valence-electron chi connectivity index (χ1n) is 7.16. The summed E-state index contributed by atoms with van der Waals surface area (Å²) in [6.07, 6.45) is 2.36. The maximum absolute atomic E-state index is 8.67. The molecule has 2 rings (SSSR count). The summed E-state index contributed by atoms with van der Waals surface area (Å²) in [7, 11) is 0. The molecule has 0 bridgehead atoms. The Morgan fingerprint density at radius 2 is 2.21 bits per heavy atom. The molecule has 0 aliphatic carbocycles. The predicted octanol–water partition coefficient (Wildman–Crippen LogP) is 2.89. The Kier molecular flexibility index (Phi) is 4.81. The van der Waals surface area contributed by atoms with Crippen molar-refractivity contribution in [3.8, 4) is 6.07 Å². The number of nitrogens with zero attached hydrogens (tertiary/aromatic N) is 2. The van der Waals surface area contributed by atoms with Crippen LogP contribution in [0.2, 0.25) is 0 Å². The van der Waals surface area contributed by atoms with Gasteiger partial charge in [0.2, 0.25) is 0 Å². The fourth-order valence-electron chi connectivity index (χ4n) is 2.82. The van der Waals surface area contributed by atoms with Crippen molar-refractivity contribution in [2.24, 2.45) is 0 Å². The van der Waals surface area contributed by atoms with E-state index < -0.39 is 0 Å². The van der Waals surface area contributed by atoms with Gasteiger partial charge in [-0.3, -0.25) is 5.32 Å². The molecule has 1 unspecified atom stereocenters. The van der Waals surface area contributed by atoms with E-state index in [0.29, 0.717) is 18.5 Å². The lowest BCUT2D eigenvalue weighted by atomic mass is 9.98. The number of nitriles is 1. The minimum Gasteiger partial charge on any atom is -0.370 e. The van der Waals surface area contributed by atoms with Gasteiger partial charge >= 0.3 is 0 Å². The summed E-state index contributed by atoms with van der Waals surface area (Å²) in [6.45, 7) is 7.06. The third kappa shape index (κ3) is 3.48. The maximum Gasteiger partial charge on any atom is 0.0843 e. The van der Waals surface area contributed by atoms with Crippen molar-refractivity contribution >= 4 is 5.69 Å². The molecule has 0 radical (unpaired) electrons. The summed E-state index contributed by atoms with van der Waals surface area (Å²) in [5.41, 5.74) is 2.78. The van der Waals surface area contributed by atoms with Crippen LogP contribution < -0.4 is 10.2 Å². The molecule has 19 heavy (non-hydrogen) atoms. The fraction of sp³-hybridized carbons (Fsp3) is 0.562. The summed E-state index contributed by atoms with van der Waals surface area (Å²) < 4.78 is 0. The molecule has 1 aromatic carbocycles. The zero-order chi connectivity index (χ0) is 13.7. The highest BCUT2D eigenvalue weighted by atomic mass is 15.2. The first kappa shape index (κ1) is 13.9. The average molecular weight is 257 g/mol. The summed E-state index contributed by atoms with van der Waals surface area (Å²) >= 11 is 0. The van der Waals surface area contributed by atoms with Crippen LogP contribution in [0.1, 0.15) is 38.2 Å². The lowest BCUT2D eigenvalue weighted by molar-refractivity contribution is 0.438. The zero-order valence-electron chi connectivity index (χ0n) is 11.9. The van der Waals surface area contributed by atoms with Gasteiger partial charge in [0.05, 0.1) is 12.6 Å². The number of nitrogens with one attached hydrogen (secondary N) is 1. The molecule has 1 N–H and O–H groups in total. The standard InChI is InChI=1S/C16H23N3/c1-13(2)15-7-3-4-8-16(15)19-11-5-6-14(12-19)18-10-9-17/h3-4,7-8,13-14,18H,5-6,10-12H2,1-2H3. The molecule has 1 aliphatic rings. The third-order valence-electron chi connectivity index (χ3n) is 3.79. The van der Waals surface area contributed by atoms with Gasteiger partial charge in [0, 0.05) is 24.8 Å². The molecule has 1 heterocycles. The van der Waals surface area contributed by atoms with Crippen molar-refractivity contribution in [2.45, 2.75) is 38.6 Å². The second-order valence-corrected chi connectivity index (χ2v) is 5.54. The second kappa shape index (κ2) is 6.58. The van der Waals surface area contributed by atoms with Crippen molar-refractivity contribution in [1.29, 1.82) is 5.26 Å². The first-order chi connectivity index (χ1) is 9.22. The molecule has 1 atom stereocenters. The maximum atomic E-state index is 8.67. The zero-order valence-corrected chi connectivity index (χ0v) is 11.9. The SMILES string of the molecule is CC(C)c1ccccc1N1CCCC(NCC#N)C1. The summed E-state index contributed by atoms with van der Waals surface area (Å²) in [5.74, 6) is 0.545. The number of rotatable bonds is 4. The highest BCUT2D eigenvalue weighted by molar-refractivity contribution is 5.55. The van der Waals surface area contributed by atoms with Crippen molar-refractivity contribution in [3.05, 3.63) is 29.8 Å². The van der Waals surface area contributed by atoms with E-state index in [4.69, 9.17) is 5.26 Å². The number of benzene rings is 1. The lowest BCUT2D eigenvalue weighted by Crippen LogP contribution is -2.46. The van der Waals surface area contributed by atoms with Crippen molar-refractivity contribution in [3.63, 3.8) is 0 Å². The van der Waals surface area contributed by atoms with Gasteiger partial charge in [-0.2, -0.15) is 5.26 Å². The van der Waals surface area contributed by atoms with E-state index in [1.54, 1.807) is 0 Å². The van der Waals surface area contributed by atoms with E-state index in [2.05, 4.69) is 54.4 Å². The molecule has 1 fully saturated rings. The summed E-state index contributed by atoms with van der Waals surface area (Å²) in [5, 5.41) is 12.0. The monoisotopic (exact) mass is 257 g/mol. The van der Waals surface area contributed by atoms with E-state index in [1.165, 1.54) is 24.1 Å². The van der Waals surface area contributed by atoms with Crippen molar-refractivity contribution < 1.29 is 0 Å². The average Bonchev–Trinajstić information content (AvgIpc) is 2.45. The molecular formula is C16H23N3. The Bertz CT molecular complexity index is 448. The van der Waals surface area contributed by atoms with E-state index >= 15 is 0 Å². The van der Waals surface area contributed by atoms with Crippen LogP contribution in [-0.4, -0.2) is 25.7 Å². The van der Waals surface area contributed by atoms with Crippen molar-refractivity contribution in [2.75, 3.05) is 24.5 Å². The summed E-state index contributed by atoms with van der Waals surface area (Å²) in [4.78, 5) is 2.47. The number of para-hydroxylation sites is 1. The number of anilines is 1. The molecular weight excluding hydrogens is 234 g/mol. The van der Waals surface area contributed by atoms with Crippen LogP contribution in [0.15, 0.2) is 24.3 Å². The lowest BCUT2D eigenvalue weighted by Gasteiger charge is -2.36. The van der Waals surface area contributed by atoms with Gasteiger partial charge in [-0.15, -0.1) is 0 Å². The van der Waals surface area contributed by atoms with Crippen LogP contribution in [0.5, 0.6) is 0 Å². The molecule has 0 amide bonds. The van der Waals surface area contributed by atoms with Gasteiger partial charge in [0.15, 0.2) is 0 Å². The topological polar surface area (TPSA) is 39.1 Å². The van der Waals surface area contributed by atoms with E-state index in [1.807, 2.05) is 0 Å². The van der Waals surface area contributed by atoms with Crippen molar-refractivity contribution in [1.82, 2.24) is 5.32 Å². The van der Waals surface area contributed by atoms with Gasteiger partial charge in [0.25, 0.3) is 0 Å². The van der Waals surface area contributed by atoms with Gasteiger partial charge in [-0.1, -0.05) is 32.0 Å². The van der Waals surface area contributed by atoms with Crippen LogP contribution in [-0.2, 0) is 0 Å². The number of hydrogen-bond acceptors (Lipinski definition) is 3. The van der Waals surface area contributed by atoms with E-state index in [-0.39, 0.29) is 0 Å². The number of piperidine rings is 1. The minimum absolute atomic E-state index is 0.439. The highest BCUT2D eigenvalue weighted by Gasteiger charge is 2.21. The fourth-order valence-corrected chi connectivity index (χ4v) is 2.82. The molecule has 3 heteroatoms. The predicted molar refractivity (Wildman–Crippen MR) is 79.4 cm³/mol. The van der Waals surface area contributed by atoms with Gasteiger partial charge in [0.1, 0.15) is 0 Å². The third-order valence-corrected chi connectivity index (χ3v) is 3.79. The molecule has 0 aromatic heterocycles. The van der Waals surface area contributed by atoms with Gasteiger partial charge < -0.3 is 4.90 Å². The van der Waals surface area contributed by atoms with Crippen LogP contribution >= 0.6 is 0 Å². The normalized spacial score (nSPS) is 19.5. The Hall–Kier alpha value is -1.53. The Morgan fingerprint density at radius 3 is 2.95 bits per heavy atom. The molecule has 1 aliphatic heterocycles. The Labute approximate surface area is 116 Å². The van der Waals surface area contributed by atoms with Crippen LogP contribution in [0.25, 0.3) is 0 Å². The highest BCUT2D eigenvalue weighted by Crippen LogP contribution is 2.29. The van der Waals surface area contributed by atoms with Crippen LogP contribution in [0, 0.1) is 11.3 Å². The largest absolute Gasteiger partial charge is 0.370 e. The Balaban J connectivity index is 2.11. The second-order valence-electron chi connectivity index (χ2n) is 5.54. The van der Waals surface area contributed by atoms with E-state index in [9.17, 15) is 0 Å².